The van der Waals surface area contributed by atoms with Crippen molar-refractivity contribution in [1.82, 2.24) is 0 Å². The number of piperidine rings is 1. The van der Waals surface area contributed by atoms with Crippen LogP contribution in [0.15, 0.2) is 40.9 Å². The van der Waals surface area contributed by atoms with E-state index in [1.54, 1.807) is 6.07 Å². The van der Waals surface area contributed by atoms with Gasteiger partial charge in [-0.3, -0.25) is 0 Å². The third-order valence-electron chi connectivity index (χ3n) is 4.45. The molecule has 2 aliphatic rings. The van der Waals surface area contributed by atoms with Crippen LogP contribution >= 0.6 is 15.9 Å². The summed E-state index contributed by atoms with van der Waals surface area (Å²) in [7, 11) is 0. The minimum atomic E-state index is -0.323. The van der Waals surface area contributed by atoms with E-state index in [0.717, 1.165) is 36.4 Å². The molecule has 2 aromatic carbocycles. The van der Waals surface area contributed by atoms with Crippen LogP contribution in [0.25, 0.3) is 0 Å². The highest BCUT2D eigenvalue weighted by atomic mass is 79.9. The van der Waals surface area contributed by atoms with E-state index in [1.807, 2.05) is 18.2 Å². The lowest BCUT2D eigenvalue weighted by Gasteiger charge is -2.40. The van der Waals surface area contributed by atoms with Gasteiger partial charge in [-0.25, -0.2) is 4.39 Å². The van der Waals surface area contributed by atoms with Crippen LogP contribution in [0.5, 0.6) is 11.5 Å². The van der Waals surface area contributed by atoms with Crippen molar-refractivity contribution in [2.24, 2.45) is 5.73 Å². The standard InChI is InChI=1S/C17H16BrFN2O/c18-11-8-14-16(9-12(11)19)22-15-6-2-1-4-10(15)17-13(20)5-3-7-21(14)17/h1-2,4,6,8-9,13,17H,3,5,7,20H2. The highest BCUT2D eigenvalue weighted by Crippen LogP contribution is 2.48. The van der Waals surface area contributed by atoms with Crippen LogP contribution in [0.1, 0.15) is 24.4 Å². The number of nitrogens with two attached hydrogens (primary N) is 1. The van der Waals surface area contributed by atoms with Crippen LogP contribution in [0.3, 0.4) is 0 Å². The van der Waals surface area contributed by atoms with E-state index in [9.17, 15) is 4.39 Å². The average molecular weight is 363 g/mol. The first-order valence-corrected chi connectivity index (χ1v) is 8.22. The Morgan fingerprint density at radius 3 is 2.91 bits per heavy atom. The van der Waals surface area contributed by atoms with Gasteiger partial charge in [0.05, 0.1) is 16.2 Å². The van der Waals surface area contributed by atoms with E-state index in [2.05, 4.69) is 26.9 Å². The summed E-state index contributed by atoms with van der Waals surface area (Å²) in [6, 6.07) is 11.2. The van der Waals surface area contributed by atoms with Gasteiger partial charge in [0.1, 0.15) is 11.6 Å². The molecule has 0 amide bonds. The largest absolute Gasteiger partial charge is 0.455 e. The second-order valence-electron chi connectivity index (χ2n) is 5.82. The number of ether oxygens (including phenoxy) is 1. The topological polar surface area (TPSA) is 38.5 Å². The van der Waals surface area contributed by atoms with Crippen LogP contribution in [-0.2, 0) is 0 Å². The van der Waals surface area contributed by atoms with Crippen molar-refractivity contribution < 1.29 is 9.13 Å². The van der Waals surface area contributed by atoms with Crippen LogP contribution < -0.4 is 15.4 Å². The minimum absolute atomic E-state index is 0.0354. The van der Waals surface area contributed by atoms with Gasteiger partial charge in [0, 0.05) is 24.2 Å². The van der Waals surface area contributed by atoms with Crippen molar-refractivity contribution in [3.63, 3.8) is 0 Å². The first-order chi connectivity index (χ1) is 10.6. The second kappa shape index (κ2) is 5.25. The molecule has 2 aliphatic heterocycles. The van der Waals surface area contributed by atoms with Gasteiger partial charge >= 0.3 is 0 Å². The van der Waals surface area contributed by atoms with Gasteiger partial charge in [-0.05, 0) is 40.9 Å². The van der Waals surface area contributed by atoms with Gasteiger partial charge in [-0.2, -0.15) is 0 Å². The highest BCUT2D eigenvalue weighted by Gasteiger charge is 2.36. The molecular weight excluding hydrogens is 347 g/mol. The van der Waals surface area contributed by atoms with Crippen LogP contribution in [0, 0.1) is 5.82 Å². The molecule has 2 N–H and O–H groups in total. The SMILES string of the molecule is NC1CCCN2c3cc(Br)c(F)cc3Oc3ccccc3C12. The van der Waals surface area contributed by atoms with Crippen molar-refractivity contribution in [3.05, 3.63) is 52.3 Å². The molecule has 1 saturated heterocycles. The summed E-state index contributed by atoms with van der Waals surface area (Å²) in [6.07, 6.45) is 2.00. The second-order valence-corrected chi connectivity index (χ2v) is 6.67. The summed E-state index contributed by atoms with van der Waals surface area (Å²) < 4.78 is 20.4. The number of para-hydroxylation sites is 1. The number of anilines is 1. The molecule has 2 heterocycles. The molecule has 0 saturated carbocycles. The number of benzene rings is 2. The zero-order valence-corrected chi connectivity index (χ0v) is 13.5. The molecule has 0 radical (unpaired) electrons. The number of halogens is 2. The molecule has 0 aliphatic carbocycles. The Morgan fingerprint density at radius 2 is 2.05 bits per heavy atom. The lowest BCUT2D eigenvalue weighted by molar-refractivity contribution is 0.408. The molecular formula is C17H16BrFN2O. The van der Waals surface area contributed by atoms with E-state index in [0.29, 0.717) is 10.2 Å². The average Bonchev–Trinajstić information content (AvgIpc) is 2.64. The minimum Gasteiger partial charge on any atom is -0.455 e. The number of nitrogens with zero attached hydrogens (tertiary/aromatic N) is 1. The predicted octanol–water partition coefficient (Wildman–Crippen LogP) is 4.36. The fraction of sp³-hybridized carbons (Fsp3) is 0.294. The van der Waals surface area contributed by atoms with E-state index in [4.69, 9.17) is 10.5 Å². The zero-order chi connectivity index (χ0) is 15.3. The summed E-state index contributed by atoms with van der Waals surface area (Å²) >= 11 is 3.28. The summed E-state index contributed by atoms with van der Waals surface area (Å²) in [5.41, 5.74) is 8.38. The lowest BCUT2D eigenvalue weighted by atomic mass is 9.90. The van der Waals surface area contributed by atoms with Gasteiger partial charge in [0.15, 0.2) is 5.75 Å². The first-order valence-electron chi connectivity index (χ1n) is 7.43. The summed E-state index contributed by atoms with van der Waals surface area (Å²) in [5, 5.41) is 0. The molecule has 114 valence electrons. The molecule has 0 bridgehead atoms. The fourth-order valence-electron chi connectivity index (χ4n) is 3.45. The normalized spacial score (nSPS) is 23.0. The van der Waals surface area contributed by atoms with E-state index in [1.165, 1.54) is 6.07 Å². The molecule has 0 aromatic heterocycles. The van der Waals surface area contributed by atoms with Gasteiger partial charge < -0.3 is 15.4 Å². The highest BCUT2D eigenvalue weighted by molar-refractivity contribution is 9.10. The van der Waals surface area contributed by atoms with Crippen molar-refractivity contribution >= 4 is 21.6 Å². The zero-order valence-electron chi connectivity index (χ0n) is 11.9. The smallest absolute Gasteiger partial charge is 0.153 e. The number of hydrogen-bond donors (Lipinski definition) is 1. The summed E-state index contributed by atoms with van der Waals surface area (Å²) in [4.78, 5) is 2.25. The number of hydrogen-bond acceptors (Lipinski definition) is 3. The molecule has 5 heteroatoms. The van der Waals surface area contributed by atoms with E-state index >= 15 is 0 Å². The lowest BCUT2D eigenvalue weighted by Crippen LogP contribution is -2.45. The number of fused-ring (bicyclic) bond motifs is 5. The summed E-state index contributed by atoms with van der Waals surface area (Å²) in [6.45, 7) is 0.890. The molecule has 3 nitrogen and oxygen atoms in total. The molecule has 0 spiro atoms. The fourth-order valence-corrected chi connectivity index (χ4v) is 3.79. The van der Waals surface area contributed by atoms with Gasteiger partial charge in [0.2, 0.25) is 0 Å². The third-order valence-corrected chi connectivity index (χ3v) is 5.05. The van der Waals surface area contributed by atoms with E-state index in [-0.39, 0.29) is 17.9 Å². The Bertz CT molecular complexity index is 737. The third kappa shape index (κ3) is 2.11. The maximum atomic E-state index is 13.9. The van der Waals surface area contributed by atoms with Crippen molar-refractivity contribution in [3.8, 4) is 11.5 Å². The van der Waals surface area contributed by atoms with Crippen LogP contribution in [-0.4, -0.2) is 12.6 Å². The first kappa shape index (κ1) is 14.0. The molecule has 4 rings (SSSR count). The Hall–Kier alpha value is -1.59. The van der Waals surface area contributed by atoms with Crippen LogP contribution in [0.4, 0.5) is 10.1 Å². The maximum Gasteiger partial charge on any atom is 0.153 e. The molecule has 2 atom stereocenters. The Balaban J connectivity index is 1.96. The maximum absolute atomic E-state index is 13.9. The quantitative estimate of drug-likeness (QED) is 0.756. The molecule has 22 heavy (non-hydrogen) atoms. The van der Waals surface area contributed by atoms with Crippen molar-refractivity contribution in [2.75, 3.05) is 11.4 Å². The Labute approximate surface area is 137 Å². The van der Waals surface area contributed by atoms with Crippen LogP contribution in [0.2, 0.25) is 0 Å². The molecule has 2 unspecified atom stereocenters. The molecule has 1 fully saturated rings. The van der Waals surface area contributed by atoms with E-state index < -0.39 is 0 Å². The van der Waals surface area contributed by atoms with Gasteiger partial charge in [-0.1, -0.05) is 18.2 Å². The molecule has 2 aromatic rings. The van der Waals surface area contributed by atoms with Crippen molar-refractivity contribution in [2.45, 2.75) is 24.9 Å². The summed E-state index contributed by atoms with van der Waals surface area (Å²) in [5.74, 6) is 0.982. The van der Waals surface area contributed by atoms with Gasteiger partial charge in [0.25, 0.3) is 0 Å². The number of rotatable bonds is 0. The van der Waals surface area contributed by atoms with Crippen molar-refractivity contribution in [1.29, 1.82) is 0 Å². The Kier molecular flexibility index (Phi) is 3.35. The Morgan fingerprint density at radius 1 is 1.23 bits per heavy atom. The monoisotopic (exact) mass is 362 g/mol. The van der Waals surface area contributed by atoms with Gasteiger partial charge in [-0.15, -0.1) is 0 Å². The predicted molar refractivity (Wildman–Crippen MR) is 87.9 cm³/mol.